The van der Waals surface area contributed by atoms with Crippen molar-refractivity contribution in [2.75, 3.05) is 32.5 Å². The fourth-order valence-electron chi connectivity index (χ4n) is 4.05. The minimum absolute atomic E-state index is 0.00439. The minimum atomic E-state index is -3.90. The Morgan fingerprint density at radius 1 is 1.08 bits per heavy atom. The van der Waals surface area contributed by atoms with Gasteiger partial charge >= 0.3 is 5.97 Å². The van der Waals surface area contributed by atoms with Crippen molar-refractivity contribution in [1.29, 1.82) is 0 Å². The molecule has 3 N–H and O–H groups in total. The van der Waals surface area contributed by atoms with Crippen molar-refractivity contribution < 1.29 is 27.9 Å². The number of carboxylic acid groups (broad SMARTS) is 1. The normalized spacial score (nSPS) is 17.1. The second-order valence-electron chi connectivity index (χ2n) is 9.17. The first kappa shape index (κ1) is 27.3. The number of aliphatic carboxylic acids is 1. The van der Waals surface area contributed by atoms with Crippen LogP contribution in [0.3, 0.4) is 0 Å². The van der Waals surface area contributed by atoms with E-state index in [1.54, 1.807) is 55.4 Å². The van der Waals surface area contributed by atoms with Crippen molar-refractivity contribution in [3.8, 4) is 0 Å². The quantitative estimate of drug-likeness (QED) is 0.435. The molecule has 2 atom stereocenters. The number of aryl methyl sites for hydroxylation is 1. The van der Waals surface area contributed by atoms with Gasteiger partial charge in [0.15, 0.2) is 0 Å². The van der Waals surface area contributed by atoms with Crippen LogP contribution < -0.4 is 10.6 Å². The van der Waals surface area contributed by atoms with Gasteiger partial charge in [-0.2, -0.15) is 4.31 Å². The van der Waals surface area contributed by atoms with Gasteiger partial charge < -0.3 is 20.6 Å². The van der Waals surface area contributed by atoms with E-state index < -0.39 is 34.0 Å². The number of hydrogen-bond donors (Lipinski definition) is 3. The van der Waals surface area contributed by atoms with E-state index in [4.69, 9.17) is 0 Å². The van der Waals surface area contributed by atoms with E-state index >= 15 is 0 Å². The van der Waals surface area contributed by atoms with Crippen LogP contribution in [0.5, 0.6) is 0 Å². The van der Waals surface area contributed by atoms with E-state index in [0.29, 0.717) is 24.1 Å². The van der Waals surface area contributed by atoms with E-state index in [-0.39, 0.29) is 30.3 Å². The number of benzene rings is 2. The highest BCUT2D eigenvalue weighted by Gasteiger charge is 2.40. The zero-order valence-corrected chi connectivity index (χ0v) is 21.4. The van der Waals surface area contributed by atoms with E-state index in [0.717, 1.165) is 9.87 Å². The monoisotopic (exact) mass is 516 g/mol. The van der Waals surface area contributed by atoms with Gasteiger partial charge in [0.2, 0.25) is 21.8 Å². The van der Waals surface area contributed by atoms with E-state index in [9.17, 15) is 27.9 Å². The van der Waals surface area contributed by atoms with Gasteiger partial charge in [-0.15, -0.1) is 0 Å². The molecular weight excluding hydrogens is 484 g/mol. The Kier molecular flexibility index (Phi) is 8.83. The second-order valence-corrected chi connectivity index (χ2v) is 11.1. The first-order chi connectivity index (χ1) is 17.0. The molecule has 1 aliphatic rings. The molecular formula is C25H32N4O6S. The molecule has 0 bridgehead atoms. The van der Waals surface area contributed by atoms with E-state index in [1.807, 2.05) is 6.92 Å². The lowest BCUT2D eigenvalue weighted by Gasteiger charge is -2.25. The van der Waals surface area contributed by atoms with Crippen LogP contribution in [0, 0.1) is 6.92 Å². The van der Waals surface area contributed by atoms with Crippen LogP contribution in [0.25, 0.3) is 0 Å². The third kappa shape index (κ3) is 6.90. The van der Waals surface area contributed by atoms with Crippen LogP contribution in [0.15, 0.2) is 53.4 Å². The van der Waals surface area contributed by atoms with Crippen LogP contribution in [-0.4, -0.2) is 79.8 Å². The average molecular weight is 517 g/mol. The number of carbonyl (C=O) groups is 3. The maximum atomic E-state index is 13.1. The Morgan fingerprint density at radius 2 is 1.72 bits per heavy atom. The SMILES string of the molecule is Cc1ccc(S(=O)(=O)N2CCC[C@H]2C(=O)N[C@@H](Cc2ccc(NC(=O)CN(C)C)cc2)C(=O)O)cc1. The molecule has 11 heteroatoms. The summed E-state index contributed by atoms with van der Waals surface area (Å²) in [6, 6.07) is 10.9. The number of nitrogens with zero attached hydrogens (tertiary/aromatic N) is 2. The molecule has 1 fully saturated rings. The third-order valence-corrected chi connectivity index (χ3v) is 7.81. The van der Waals surface area contributed by atoms with Crippen LogP contribution >= 0.6 is 0 Å². The smallest absolute Gasteiger partial charge is 0.326 e. The number of amides is 2. The first-order valence-corrected chi connectivity index (χ1v) is 13.1. The Bertz CT molecular complexity index is 1200. The van der Waals surface area contributed by atoms with Gasteiger partial charge in [0.25, 0.3) is 0 Å². The molecule has 3 rings (SSSR count). The number of anilines is 1. The zero-order valence-electron chi connectivity index (χ0n) is 20.6. The predicted octanol–water partition coefficient (Wildman–Crippen LogP) is 1.46. The van der Waals surface area contributed by atoms with Gasteiger partial charge in [0.1, 0.15) is 12.1 Å². The molecule has 0 aliphatic carbocycles. The number of sulfonamides is 1. The van der Waals surface area contributed by atoms with Crippen LogP contribution in [-0.2, 0) is 30.8 Å². The van der Waals surface area contributed by atoms with Gasteiger partial charge in [-0.25, -0.2) is 13.2 Å². The Hall–Kier alpha value is -3.28. The minimum Gasteiger partial charge on any atom is -0.480 e. The molecule has 2 aromatic rings. The predicted molar refractivity (Wildman–Crippen MR) is 135 cm³/mol. The first-order valence-electron chi connectivity index (χ1n) is 11.6. The molecule has 0 radical (unpaired) electrons. The topological polar surface area (TPSA) is 136 Å². The highest BCUT2D eigenvalue weighted by molar-refractivity contribution is 7.89. The summed E-state index contributed by atoms with van der Waals surface area (Å²) in [5.74, 6) is -2.04. The molecule has 0 saturated carbocycles. The Balaban J connectivity index is 1.67. The van der Waals surface area contributed by atoms with Crippen LogP contribution in [0.1, 0.15) is 24.0 Å². The van der Waals surface area contributed by atoms with Crippen molar-refractivity contribution in [2.45, 2.75) is 43.2 Å². The van der Waals surface area contributed by atoms with Crippen molar-refractivity contribution in [1.82, 2.24) is 14.5 Å². The number of carboxylic acids is 1. The fourth-order valence-corrected chi connectivity index (χ4v) is 5.71. The maximum absolute atomic E-state index is 13.1. The highest BCUT2D eigenvalue weighted by atomic mass is 32.2. The lowest BCUT2D eigenvalue weighted by Crippen LogP contribution is -2.51. The Morgan fingerprint density at radius 3 is 2.31 bits per heavy atom. The molecule has 0 aromatic heterocycles. The summed E-state index contributed by atoms with van der Waals surface area (Å²) in [5.41, 5.74) is 2.13. The van der Waals surface area contributed by atoms with Crippen molar-refractivity contribution >= 4 is 33.5 Å². The molecule has 1 aliphatic heterocycles. The summed E-state index contributed by atoms with van der Waals surface area (Å²) < 4.78 is 27.4. The zero-order chi connectivity index (χ0) is 26.5. The third-order valence-electron chi connectivity index (χ3n) is 5.89. The van der Waals surface area contributed by atoms with Gasteiger partial charge in [-0.3, -0.25) is 9.59 Å². The van der Waals surface area contributed by atoms with E-state index in [1.165, 1.54) is 12.1 Å². The summed E-state index contributed by atoms with van der Waals surface area (Å²) in [5, 5.41) is 15.0. The summed E-state index contributed by atoms with van der Waals surface area (Å²) >= 11 is 0. The number of likely N-dealkylation sites (N-methyl/N-ethyl adjacent to an activating group) is 1. The van der Waals surface area contributed by atoms with Crippen molar-refractivity contribution in [3.05, 3.63) is 59.7 Å². The van der Waals surface area contributed by atoms with E-state index in [2.05, 4.69) is 10.6 Å². The standard InChI is InChI=1S/C25H32N4O6S/c1-17-6-12-20(13-7-17)36(34,35)29-14-4-5-22(29)24(31)27-21(25(32)33)15-18-8-10-19(11-9-18)26-23(30)16-28(2)3/h6-13,21-22H,4-5,14-16H2,1-3H3,(H,26,30)(H,27,31)(H,32,33)/t21-,22-/m0/s1. The Labute approximate surface area is 211 Å². The van der Waals surface area contributed by atoms with Gasteiger partial charge in [-0.05, 0) is 63.7 Å². The van der Waals surface area contributed by atoms with Crippen LogP contribution in [0.2, 0.25) is 0 Å². The molecule has 0 unspecified atom stereocenters. The maximum Gasteiger partial charge on any atom is 0.326 e. The van der Waals surface area contributed by atoms with Gasteiger partial charge in [0.05, 0.1) is 11.4 Å². The molecule has 36 heavy (non-hydrogen) atoms. The van der Waals surface area contributed by atoms with Crippen molar-refractivity contribution in [2.24, 2.45) is 0 Å². The largest absolute Gasteiger partial charge is 0.480 e. The molecule has 2 amide bonds. The van der Waals surface area contributed by atoms with Gasteiger partial charge in [0, 0.05) is 18.7 Å². The van der Waals surface area contributed by atoms with Crippen molar-refractivity contribution in [3.63, 3.8) is 0 Å². The fraction of sp³-hybridized carbons (Fsp3) is 0.400. The molecule has 0 spiro atoms. The van der Waals surface area contributed by atoms with Crippen LogP contribution in [0.4, 0.5) is 5.69 Å². The molecule has 194 valence electrons. The van der Waals surface area contributed by atoms with Gasteiger partial charge in [-0.1, -0.05) is 29.8 Å². The number of carbonyl (C=O) groups excluding carboxylic acids is 2. The summed E-state index contributed by atoms with van der Waals surface area (Å²) in [7, 11) is -0.333. The highest BCUT2D eigenvalue weighted by Crippen LogP contribution is 2.26. The summed E-state index contributed by atoms with van der Waals surface area (Å²) in [4.78, 5) is 38.7. The molecule has 10 nitrogen and oxygen atoms in total. The summed E-state index contributed by atoms with van der Waals surface area (Å²) in [6.07, 6.45) is 0.816. The lowest BCUT2D eigenvalue weighted by molar-refractivity contribution is -0.142. The number of nitrogens with one attached hydrogen (secondary N) is 2. The number of hydrogen-bond acceptors (Lipinski definition) is 6. The second kappa shape index (κ2) is 11.6. The number of rotatable bonds is 10. The summed E-state index contributed by atoms with van der Waals surface area (Å²) in [6.45, 7) is 2.27. The molecule has 1 heterocycles. The molecule has 2 aromatic carbocycles. The lowest BCUT2D eigenvalue weighted by atomic mass is 10.0. The average Bonchev–Trinajstić information content (AvgIpc) is 3.30. The molecule has 1 saturated heterocycles.